The molecule has 4 nitrogen and oxygen atoms in total. The van der Waals surface area contributed by atoms with Gasteiger partial charge in [0.05, 0.1) is 20.3 Å². The van der Waals surface area contributed by atoms with Gasteiger partial charge in [-0.2, -0.15) is 0 Å². The van der Waals surface area contributed by atoms with Crippen molar-refractivity contribution in [2.75, 3.05) is 21.3 Å². The predicted octanol–water partition coefficient (Wildman–Crippen LogP) is 3.06. The molecule has 0 saturated heterocycles. The first-order valence-electron chi connectivity index (χ1n) is 6.19. The monoisotopic (exact) mass is 292 g/mol. The number of hydrogen-bond acceptors (Lipinski definition) is 4. The Bertz CT molecular complexity index is 576. The second-order valence-electron chi connectivity index (χ2n) is 4.23. The number of ether oxygens (including phenoxy) is 2. The van der Waals surface area contributed by atoms with Gasteiger partial charge >= 0.3 is 0 Å². The van der Waals surface area contributed by atoms with Crippen molar-refractivity contribution < 1.29 is 9.47 Å². The number of nitrogens with zero attached hydrogens (tertiary/aromatic N) is 1. The van der Waals surface area contributed by atoms with Crippen molar-refractivity contribution in [3.8, 4) is 11.5 Å². The Morgan fingerprint density at radius 2 is 1.70 bits per heavy atom. The third kappa shape index (κ3) is 2.86. The SMILES string of the molecule is CNC(c1ccncc1)c1cc(OC)c(OC)cc1Cl. The van der Waals surface area contributed by atoms with Gasteiger partial charge in [0.25, 0.3) is 0 Å². The van der Waals surface area contributed by atoms with Gasteiger partial charge in [-0.25, -0.2) is 0 Å². The molecule has 2 rings (SSSR count). The van der Waals surface area contributed by atoms with Gasteiger partial charge < -0.3 is 14.8 Å². The number of benzene rings is 1. The Hall–Kier alpha value is -1.78. The molecule has 0 aliphatic rings. The van der Waals surface area contributed by atoms with Crippen LogP contribution in [-0.2, 0) is 0 Å². The maximum absolute atomic E-state index is 6.37. The zero-order valence-electron chi connectivity index (χ0n) is 11.7. The molecule has 20 heavy (non-hydrogen) atoms. The molecule has 1 N–H and O–H groups in total. The molecular formula is C15H17ClN2O2. The van der Waals surface area contributed by atoms with E-state index in [4.69, 9.17) is 21.1 Å². The molecule has 1 heterocycles. The average molecular weight is 293 g/mol. The molecule has 0 radical (unpaired) electrons. The maximum Gasteiger partial charge on any atom is 0.162 e. The number of methoxy groups -OCH3 is 2. The van der Waals surface area contributed by atoms with Crippen LogP contribution in [0.15, 0.2) is 36.7 Å². The number of pyridine rings is 1. The number of nitrogens with one attached hydrogen (secondary N) is 1. The quantitative estimate of drug-likeness (QED) is 0.920. The zero-order chi connectivity index (χ0) is 14.5. The number of halogens is 1. The minimum atomic E-state index is -0.0368. The fourth-order valence-electron chi connectivity index (χ4n) is 2.15. The summed E-state index contributed by atoms with van der Waals surface area (Å²) in [6.45, 7) is 0. The van der Waals surface area contributed by atoms with Crippen LogP contribution in [0.25, 0.3) is 0 Å². The molecule has 1 atom stereocenters. The van der Waals surface area contributed by atoms with Gasteiger partial charge in [-0.3, -0.25) is 4.98 Å². The van der Waals surface area contributed by atoms with Crippen LogP contribution in [-0.4, -0.2) is 26.3 Å². The Morgan fingerprint density at radius 1 is 1.10 bits per heavy atom. The van der Waals surface area contributed by atoms with E-state index in [1.807, 2.05) is 25.2 Å². The number of aromatic nitrogens is 1. The summed E-state index contributed by atoms with van der Waals surface area (Å²) in [5, 5.41) is 3.88. The Labute approximate surface area is 123 Å². The van der Waals surface area contributed by atoms with E-state index in [2.05, 4.69) is 10.3 Å². The lowest BCUT2D eigenvalue weighted by atomic mass is 9.99. The molecule has 2 aromatic rings. The van der Waals surface area contributed by atoms with E-state index in [0.29, 0.717) is 16.5 Å². The average Bonchev–Trinajstić information content (AvgIpc) is 2.50. The van der Waals surface area contributed by atoms with Gasteiger partial charge in [-0.1, -0.05) is 11.6 Å². The summed E-state index contributed by atoms with van der Waals surface area (Å²) in [4.78, 5) is 4.03. The first kappa shape index (κ1) is 14.6. The minimum Gasteiger partial charge on any atom is -0.493 e. The molecule has 0 saturated carbocycles. The summed E-state index contributed by atoms with van der Waals surface area (Å²) >= 11 is 6.37. The largest absolute Gasteiger partial charge is 0.493 e. The van der Waals surface area contributed by atoms with Crippen molar-refractivity contribution in [2.45, 2.75) is 6.04 Å². The highest BCUT2D eigenvalue weighted by molar-refractivity contribution is 6.31. The molecule has 0 amide bonds. The summed E-state index contributed by atoms with van der Waals surface area (Å²) in [5.74, 6) is 1.27. The Balaban J connectivity index is 2.50. The lowest BCUT2D eigenvalue weighted by Gasteiger charge is -2.20. The van der Waals surface area contributed by atoms with Gasteiger partial charge in [0.2, 0.25) is 0 Å². The zero-order valence-corrected chi connectivity index (χ0v) is 12.4. The maximum atomic E-state index is 6.37. The first-order chi connectivity index (χ1) is 9.71. The molecule has 5 heteroatoms. The number of rotatable bonds is 5. The summed E-state index contributed by atoms with van der Waals surface area (Å²) in [6, 6.07) is 7.53. The van der Waals surface area contributed by atoms with Crippen LogP contribution in [0.4, 0.5) is 0 Å². The fourth-order valence-corrected chi connectivity index (χ4v) is 2.41. The van der Waals surface area contributed by atoms with Crippen LogP contribution in [0.3, 0.4) is 0 Å². The second-order valence-corrected chi connectivity index (χ2v) is 4.64. The standard InChI is InChI=1S/C15H17ClN2O2/c1-17-15(10-4-6-18-7-5-10)11-8-13(19-2)14(20-3)9-12(11)16/h4-9,15,17H,1-3H3. The number of hydrogen-bond donors (Lipinski definition) is 1. The van der Waals surface area contributed by atoms with Crippen molar-refractivity contribution in [3.63, 3.8) is 0 Å². The van der Waals surface area contributed by atoms with Crippen LogP contribution >= 0.6 is 11.6 Å². The van der Waals surface area contributed by atoms with E-state index in [1.165, 1.54) is 0 Å². The summed E-state index contributed by atoms with van der Waals surface area (Å²) in [6.07, 6.45) is 3.52. The smallest absolute Gasteiger partial charge is 0.162 e. The molecule has 0 bridgehead atoms. The van der Waals surface area contributed by atoms with Gasteiger partial charge in [-0.15, -0.1) is 0 Å². The first-order valence-corrected chi connectivity index (χ1v) is 6.57. The van der Waals surface area contributed by atoms with E-state index in [9.17, 15) is 0 Å². The minimum absolute atomic E-state index is 0.0368. The van der Waals surface area contributed by atoms with E-state index in [1.54, 1.807) is 32.7 Å². The molecule has 0 spiro atoms. The molecule has 1 aromatic carbocycles. The third-order valence-corrected chi connectivity index (χ3v) is 3.47. The molecular weight excluding hydrogens is 276 g/mol. The lowest BCUT2D eigenvalue weighted by molar-refractivity contribution is 0.354. The van der Waals surface area contributed by atoms with Crippen molar-refractivity contribution in [1.29, 1.82) is 0 Å². The van der Waals surface area contributed by atoms with Gasteiger partial charge in [-0.05, 0) is 36.4 Å². The summed E-state index contributed by atoms with van der Waals surface area (Å²) in [5.41, 5.74) is 2.01. The van der Waals surface area contributed by atoms with Gasteiger partial charge in [0, 0.05) is 23.5 Å². The topological polar surface area (TPSA) is 43.4 Å². The van der Waals surface area contributed by atoms with Crippen molar-refractivity contribution in [3.05, 3.63) is 52.8 Å². The van der Waals surface area contributed by atoms with E-state index in [-0.39, 0.29) is 6.04 Å². The van der Waals surface area contributed by atoms with Crippen LogP contribution in [0.1, 0.15) is 17.2 Å². The highest BCUT2D eigenvalue weighted by atomic mass is 35.5. The van der Waals surface area contributed by atoms with Crippen LogP contribution in [0, 0.1) is 0 Å². The van der Waals surface area contributed by atoms with E-state index in [0.717, 1.165) is 11.1 Å². The van der Waals surface area contributed by atoms with Crippen LogP contribution in [0.5, 0.6) is 11.5 Å². The van der Waals surface area contributed by atoms with Crippen LogP contribution < -0.4 is 14.8 Å². The van der Waals surface area contributed by atoms with E-state index >= 15 is 0 Å². The van der Waals surface area contributed by atoms with Gasteiger partial charge in [0.1, 0.15) is 0 Å². The predicted molar refractivity (Wildman–Crippen MR) is 79.7 cm³/mol. The highest BCUT2D eigenvalue weighted by Gasteiger charge is 2.18. The molecule has 106 valence electrons. The molecule has 1 aromatic heterocycles. The van der Waals surface area contributed by atoms with Crippen LogP contribution in [0.2, 0.25) is 5.02 Å². The summed E-state index contributed by atoms with van der Waals surface area (Å²) in [7, 11) is 5.08. The molecule has 1 unspecified atom stereocenters. The third-order valence-electron chi connectivity index (χ3n) is 3.14. The lowest BCUT2D eigenvalue weighted by Crippen LogP contribution is -2.18. The molecule has 0 fully saturated rings. The molecule has 0 aliphatic carbocycles. The van der Waals surface area contributed by atoms with Gasteiger partial charge in [0.15, 0.2) is 11.5 Å². The van der Waals surface area contributed by atoms with Crippen molar-refractivity contribution >= 4 is 11.6 Å². The highest BCUT2D eigenvalue weighted by Crippen LogP contribution is 2.37. The second kappa shape index (κ2) is 6.59. The Kier molecular flexibility index (Phi) is 4.82. The van der Waals surface area contributed by atoms with Crippen molar-refractivity contribution in [2.24, 2.45) is 0 Å². The van der Waals surface area contributed by atoms with E-state index < -0.39 is 0 Å². The Morgan fingerprint density at radius 3 is 2.25 bits per heavy atom. The molecule has 0 aliphatic heterocycles. The van der Waals surface area contributed by atoms with Crippen molar-refractivity contribution in [1.82, 2.24) is 10.3 Å². The normalized spacial score (nSPS) is 12.0. The fraction of sp³-hybridized carbons (Fsp3) is 0.267. The summed E-state index contributed by atoms with van der Waals surface area (Å²) < 4.78 is 10.6.